The summed E-state index contributed by atoms with van der Waals surface area (Å²) >= 11 is 0. The molecule has 0 aromatic heterocycles. The molecule has 1 aromatic carbocycles. The summed E-state index contributed by atoms with van der Waals surface area (Å²) in [7, 11) is -0.819. The Labute approximate surface area is 118 Å². The third kappa shape index (κ3) is 4.23. The van der Waals surface area contributed by atoms with Crippen LogP contribution in [0.2, 0.25) is 0 Å². The van der Waals surface area contributed by atoms with Crippen molar-refractivity contribution in [3.8, 4) is 5.75 Å². The average molecular weight is 281 g/mol. The van der Waals surface area contributed by atoms with Gasteiger partial charge >= 0.3 is 0 Å². The number of ether oxygens (including phenoxy) is 1. The van der Waals surface area contributed by atoms with Crippen molar-refractivity contribution in [2.75, 3.05) is 18.1 Å². The molecule has 1 aromatic rings. The van der Waals surface area contributed by atoms with Crippen molar-refractivity contribution < 1.29 is 8.95 Å². The molecule has 0 amide bonds. The summed E-state index contributed by atoms with van der Waals surface area (Å²) in [4.78, 5) is 0. The molecule has 106 valence electrons. The van der Waals surface area contributed by atoms with Crippen molar-refractivity contribution >= 4 is 16.5 Å². The first-order valence-electron chi connectivity index (χ1n) is 7.05. The Bertz CT molecular complexity index is 442. The molecule has 0 bridgehead atoms. The van der Waals surface area contributed by atoms with E-state index in [-0.39, 0.29) is 0 Å². The summed E-state index contributed by atoms with van der Waals surface area (Å²) in [5, 5.41) is 0. The number of benzene rings is 1. The van der Waals surface area contributed by atoms with E-state index in [1.807, 2.05) is 25.1 Å². The summed E-state index contributed by atoms with van der Waals surface area (Å²) in [5.74, 6) is 2.84. The average Bonchev–Trinajstić information content (AvgIpc) is 2.85. The van der Waals surface area contributed by atoms with Gasteiger partial charge in [-0.25, -0.2) is 0 Å². The molecule has 0 spiro atoms. The van der Waals surface area contributed by atoms with Crippen LogP contribution in [0.3, 0.4) is 0 Å². The molecule has 2 rings (SSSR count). The lowest BCUT2D eigenvalue weighted by Gasteiger charge is -2.12. The second-order valence-electron chi connectivity index (χ2n) is 5.20. The van der Waals surface area contributed by atoms with Crippen LogP contribution in [-0.2, 0) is 16.6 Å². The van der Waals surface area contributed by atoms with Gasteiger partial charge in [0, 0.05) is 27.8 Å². The van der Waals surface area contributed by atoms with Crippen molar-refractivity contribution in [1.29, 1.82) is 0 Å². The van der Waals surface area contributed by atoms with E-state index in [9.17, 15) is 4.21 Å². The predicted molar refractivity (Wildman–Crippen MR) is 80.7 cm³/mol. The van der Waals surface area contributed by atoms with E-state index >= 15 is 0 Å². The number of hydrogen-bond donors (Lipinski definition) is 1. The maximum absolute atomic E-state index is 12.3. The zero-order valence-electron chi connectivity index (χ0n) is 11.6. The first-order chi connectivity index (χ1) is 9.19. The highest BCUT2D eigenvalue weighted by Gasteiger charge is 2.18. The van der Waals surface area contributed by atoms with E-state index in [0.29, 0.717) is 24.0 Å². The number of hydrogen-bond acceptors (Lipinski definition) is 3. The molecule has 1 aliphatic rings. The van der Waals surface area contributed by atoms with Crippen LogP contribution >= 0.6 is 0 Å². The molecule has 1 aliphatic carbocycles. The predicted octanol–water partition coefficient (Wildman–Crippen LogP) is 3.11. The summed E-state index contributed by atoms with van der Waals surface area (Å²) < 4.78 is 17.8. The van der Waals surface area contributed by atoms with Crippen LogP contribution in [0.25, 0.3) is 0 Å². The lowest BCUT2D eigenvalue weighted by atomic mass is 10.1. The highest BCUT2D eigenvalue weighted by atomic mass is 32.2. The second-order valence-corrected chi connectivity index (χ2v) is 6.70. The van der Waals surface area contributed by atoms with Gasteiger partial charge in [0.1, 0.15) is 5.75 Å². The van der Waals surface area contributed by atoms with Crippen molar-refractivity contribution in [3.63, 3.8) is 0 Å². The minimum atomic E-state index is -0.819. The van der Waals surface area contributed by atoms with Crippen molar-refractivity contribution in [2.24, 2.45) is 5.92 Å². The fraction of sp³-hybridized carbons (Fsp3) is 0.600. The second kappa shape index (κ2) is 6.94. The van der Waals surface area contributed by atoms with Crippen LogP contribution < -0.4 is 10.5 Å². The first-order valence-corrected chi connectivity index (χ1v) is 8.54. The van der Waals surface area contributed by atoms with E-state index in [2.05, 4.69) is 0 Å². The number of anilines is 1. The van der Waals surface area contributed by atoms with Gasteiger partial charge in [0.2, 0.25) is 0 Å². The van der Waals surface area contributed by atoms with Crippen LogP contribution in [0.5, 0.6) is 5.75 Å². The van der Waals surface area contributed by atoms with E-state index in [4.69, 9.17) is 10.5 Å². The molecule has 0 saturated heterocycles. The Hall–Kier alpha value is -1.03. The lowest BCUT2D eigenvalue weighted by Crippen LogP contribution is -2.10. The molecule has 1 atom stereocenters. The summed E-state index contributed by atoms with van der Waals surface area (Å²) in [6, 6.07) is 5.59. The van der Waals surface area contributed by atoms with E-state index in [1.165, 1.54) is 25.7 Å². The number of nitrogens with two attached hydrogens (primary N) is 1. The zero-order valence-corrected chi connectivity index (χ0v) is 12.4. The molecule has 1 saturated carbocycles. The van der Waals surface area contributed by atoms with Gasteiger partial charge in [0.05, 0.1) is 12.4 Å². The Balaban J connectivity index is 2.00. The van der Waals surface area contributed by atoms with Crippen molar-refractivity contribution in [1.82, 2.24) is 0 Å². The molecule has 0 radical (unpaired) electrons. The van der Waals surface area contributed by atoms with Gasteiger partial charge in [0.15, 0.2) is 0 Å². The highest BCUT2D eigenvalue weighted by molar-refractivity contribution is 7.84. The number of nitrogen functional groups attached to an aromatic ring is 1. The highest BCUT2D eigenvalue weighted by Crippen LogP contribution is 2.27. The van der Waals surface area contributed by atoms with Gasteiger partial charge in [0.25, 0.3) is 0 Å². The maximum Gasteiger partial charge on any atom is 0.123 e. The van der Waals surface area contributed by atoms with E-state index in [0.717, 1.165) is 17.1 Å². The Morgan fingerprint density at radius 1 is 1.37 bits per heavy atom. The minimum absolute atomic E-state index is 0.552. The SMILES string of the molecule is CCOc1ccc(N)cc1CS(=O)CC1CCCC1. The Kier molecular flexibility index (Phi) is 5.25. The summed E-state index contributed by atoms with van der Waals surface area (Å²) in [6.45, 7) is 2.57. The van der Waals surface area contributed by atoms with Crippen molar-refractivity contribution in [2.45, 2.75) is 38.4 Å². The third-order valence-corrected chi connectivity index (χ3v) is 5.07. The first kappa shape index (κ1) is 14.4. The molecule has 19 heavy (non-hydrogen) atoms. The van der Waals surface area contributed by atoms with E-state index < -0.39 is 10.8 Å². The van der Waals surface area contributed by atoms with Crippen molar-refractivity contribution in [3.05, 3.63) is 23.8 Å². The van der Waals surface area contributed by atoms with Crippen LogP contribution in [0.1, 0.15) is 38.2 Å². The van der Waals surface area contributed by atoms with Crippen LogP contribution in [-0.4, -0.2) is 16.6 Å². The fourth-order valence-corrected chi connectivity index (χ4v) is 4.23. The van der Waals surface area contributed by atoms with Gasteiger partial charge in [-0.3, -0.25) is 4.21 Å². The molecule has 0 heterocycles. The zero-order chi connectivity index (χ0) is 13.7. The molecule has 3 nitrogen and oxygen atoms in total. The fourth-order valence-electron chi connectivity index (χ4n) is 2.68. The topological polar surface area (TPSA) is 52.3 Å². The molecule has 2 N–H and O–H groups in total. The maximum atomic E-state index is 12.3. The summed E-state index contributed by atoms with van der Waals surface area (Å²) in [6.07, 6.45) is 5.07. The Morgan fingerprint density at radius 2 is 2.11 bits per heavy atom. The molecule has 0 aliphatic heterocycles. The standard InChI is InChI=1S/C15H23NO2S/c1-2-18-15-8-7-14(16)9-13(15)11-19(17)10-12-5-3-4-6-12/h7-9,12H,2-6,10-11,16H2,1H3. The smallest absolute Gasteiger partial charge is 0.123 e. The van der Waals surface area contributed by atoms with Gasteiger partial charge in [-0.1, -0.05) is 12.8 Å². The van der Waals surface area contributed by atoms with Crippen LogP contribution in [0.4, 0.5) is 5.69 Å². The molecular weight excluding hydrogens is 258 g/mol. The quantitative estimate of drug-likeness (QED) is 0.815. The van der Waals surface area contributed by atoms with Gasteiger partial charge < -0.3 is 10.5 Å². The van der Waals surface area contributed by atoms with Crippen LogP contribution in [0.15, 0.2) is 18.2 Å². The van der Waals surface area contributed by atoms with Crippen LogP contribution in [0, 0.1) is 5.92 Å². The molecule has 1 unspecified atom stereocenters. The normalized spacial score (nSPS) is 17.5. The molecule has 4 heteroatoms. The summed E-state index contributed by atoms with van der Waals surface area (Å²) in [5.41, 5.74) is 7.48. The molecular formula is C15H23NO2S. The third-order valence-electron chi connectivity index (χ3n) is 3.60. The largest absolute Gasteiger partial charge is 0.494 e. The van der Waals surface area contributed by atoms with Gasteiger partial charge in [-0.2, -0.15) is 0 Å². The molecule has 1 fully saturated rings. The van der Waals surface area contributed by atoms with E-state index in [1.54, 1.807) is 0 Å². The van der Waals surface area contributed by atoms with Gasteiger partial charge in [-0.05, 0) is 43.9 Å². The number of rotatable bonds is 6. The Morgan fingerprint density at radius 3 is 2.79 bits per heavy atom. The minimum Gasteiger partial charge on any atom is -0.494 e. The van der Waals surface area contributed by atoms with Gasteiger partial charge in [-0.15, -0.1) is 0 Å². The monoisotopic (exact) mass is 281 g/mol. The lowest BCUT2D eigenvalue weighted by molar-refractivity contribution is 0.337.